The van der Waals surface area contributed by atoms with E-state index in [9.17, 15) is 28.8 Å². The molecule has 2 N–H and O–H groups in total. The lowest BCUT2D eigenvalue weighted by molar-refractivity contribution is -0.151. The highest BCUT2D eigenvalue weighted by molar-refractivity contribution is 6.88. The number of esters is 4. The third kappa shape index (κ3) is 36.5. The Morgan fingerprint density at radius 2 is 0.966 bits per heavy atom. The van der Waals surface area contributed by atoms with Crippen molar-refractivity contribution in [2.45, 2.75) is 261 Å². The Kier molecular flexibility index (Phi) is 32.8. The van der Waals surface area contributed by atoms with Gasteiger partial charge in [-0.15, -0.1) is 0 Å². The van der Waals surface area contributed by atoms with Crippen LogP contribution in [0.5, 0.6) is 0 Å². The van der Waals surface area contributed by atoms with Crippen molar-refractivity contribution in [3.8, 4) is 0 Å². The van der Waals surface area contributed by atoms with Gasteiger partial charge in [0.2, 0.25) is 0 Å². The van der Waals surface area contributed by atoms with Gasteiger partial charge in [0.25, 0.3) is 0 Å². The average Bonchev–Trinajstić information content (AvgIpc) is 1.36. The summed E-state index contributed by atoms with van der Waals surface area (Å²) in [5.74, 6) is -1.51. The number of hydrogen-bond acceptors (Lipinski definition) is 17. The first-order valence-electron chi connectivity index (χ1n) is 32.7. The molecule has 4 unspecified atom stereocenters. The number of hydrogen-bond donors (Lipinski definition) is 2. The lowest BCUT2D eigenvalue weighted by Gasteiger charge is -2.47. The highest BCUT2D eigenvalue weighted by atomic mass is 28.5. The van der Waals surface area contributed by atoms with Gasteiger partial charge >= 0.3 is 53.2 Å². The van der Waals surface area contributed by atoms with Gasteiger partial charge < -0.3 is 60.3 Å². The van der Waals surface area contributed by atoms with Crippen molar-refractivity contribution in [1.29, 1.82) is 0 Å². The minimum atomic E-state index is -2.74. The van der Waals surface area contributed by atoms with Crippen molar-refractivity contribution < 1.29 is 78.4 Å². The van der Waals surface area contributed by atoms with Gasteiger partial charge in [-0.3, -0.25) is 14.4 Å². The molecule has 0 aliphatic heterocycles. The number of carbonyl (C=O) groups is 6. The molecule has 2 aliphatic carbocycles. The van der Waals surface area contributed by atoms with E-state index in [2.05, 4.69) is 150 Å². The van der Waals surface area contributed by atoms with Gasteiger partial charge in [-0.25, -0.2) is 14.4 Å². The molecule has 0 saturated heterocycles. The molecule has 19 nitrogen and oxygen atoms in total. The second kappa shape index (κ2) is 35.5. The lowest BCUT2D eigenvalue weighted by Crippen LogP contribution is -2.53. The fraction of sp³-hybridized carbons (Fsp3) is 0.873. The normalized spacial score (nSPS) is 20.9. The van der Waals surface area contributed by atoms with Gasteiger partial charge in [0, 0.05) is 43.3 Å². The number of ether oxygens (including phenoxy) is 7. The molecule has 0 radical (unpaired) electrons. The monoisotopic (exact) mass is 1350 g/mol. The van der Waals surface area contributed by atoms with Gasteiger partial charge in [-0.2, -0.15) is 0 Å². The topological polar surface area (TPSA) is 228 Å². The standard InChI is InChI=1S/C63H124N2O17Si6/c1-23-25-28-54(67)74-35-33-72-34-36-75-55(68)29-32-61(7)45-52(44-60(5,6)46-61)65-58(71)78-50-63(30-26-39-87(21,79-83(9,10)11)80-84(12,13)14,31-27-40-88(22,81-85(15,16)17)82-86(18,19)20)49-77-57(70)64-48-62(8)43-51(42-59(3,4)47-62)41-56(69)76-38-37-73-53(66)24-2/h24,51-52H,2,23,25-50H2,1,3-22H3,(H,64,70)(H,65,71). The van der Waals surface area contributed by atoms with Crippen LogP contribution in [-0.2, 0) is 68.8 Å². The molecule has 0 spiro atoms. The number of rotatable bonds is 41. The van der Waals surface area contributed by atoms with Crippen LogP contribution in [0, 0.1) is 33.0 Å². The second-order valence-electron chi connectivity index (χ2n) is 32.1. The summed E-state index contributed by atoms with van der Waals surface area (Å²) in [6, 6.07) is 1.16. The Labute approximate surface area is 538 Å². The van der Waals surface area contributed by atoms with E-state index in [4.69, 9.17) is 49.6 Å². The van der Waals surface area contributed by atoms with E-state index >= 15 is 0 Å². The molecular weight excluding hydrogens is 1230 g/mol. The maximum atomic E-state index is 14.5. The fourth-order valence-corrected chi connectivity index (χ4v) is 39.0. The van der Waals surface area contributed by atoms with Crippen molar-refractivity contribution in [2.24, 2.45) is 33.0 Å². The number of carbonyl (C=O) groups excluding carboxylic acids is 6. The smallest absolute Gasteiger partial charge is 0.407 e. The molecule has 2 rings (SSSR count). The molecule has 0 aromatic heterocycles. The maximum absolute atomic E-state index is 14.5. The maximum Gasteiger partial charge on any atom is 0.407 e. The molecule has 88 heavy (non-hydrogen) atoms. The second-order valence-corrected chi connectivity index (χ2v) is 57.8. The summed E-state index contributed by atoms with van der Waals surface area (Å²) >= 11 is 0. The minimum Gasteiger partial charge on any atom is -0.463 e. The predicted octanol–water partition coefficient (Wildman–Crippen LogP) is 14.7. The van der Waals surface area contributed by atoms with Gasteiger partial charge in [-0.1, -0.05) is 74.3 Å². The summed E-state index contributed by atoms with van der Waals surface area (Å²) in [5, 5.41) is 6.38. The molecule has 0 aromatic carbocycles. The van der Waals surface area contributed by atoms with Gasteiger partial charge in [-0.05, 0) is 196 Å². The van der Waals surface area contributed by atoms with E-state index < -0.39 is 74.0 Å². The molecule has 2 saturated carbocycles. The molecular formula is C63H124N2O17Si6. The van der Waals surface area contributed by atoms with E-state index in [0.717, 1.165) is 38.2 Å². The predicted molar refractivity (Wildman–Crippen MR) is 362 cm³/mol. The Hall–Kier alpha value is -2.74. The number of amides is 2. The third-order valence-corrected chi connectivity index (χ3v) is 34.8. The summed E-state index contributed by atoms with van der Waals surface area (Å²) in [6.45, 7) is 50.0. The molecule has 0 aromatic rings. The van der Waals surface area contributed by atoms with Crippen molar-refractivity contribution >= 4 is 86.5 Å². The Balaban J connectivity index is 2.47. The quantitative estimate of drug-likeness (QED) is 0.0191. The average molecular weight is 1350 g/mol. The molecule has 0 bridgehead atoms. The van der Waals surface area contributed by atoms with Crippen molar-refractivity contribution in [2.75, 3.05) is 59.4 Å². The van der Waals surface area contributed by atoms with E-state index in [1.807, 2.05) is 6.92 Å². The zero-order valence-electron chi connectivity index (χ0n) is 59.0. The van der Waals surface area contributed by atoms with Crippen molar-refractivity contribution in [3.05, 3.63) is 12.7 Å². The molecule has 0 heterocycles. The van der Waals surface area contributed by atoms with E-state index in [1.165, 1.54) is 0 Å². The van der Waals surface area contributed by atoms with Crippen LogP contribution in [0.4, 0.5) is 9.59 Å². The van der Waals surface area contributed by atoms with Crippen molar-refractivity contribution in [1.82, 2.24) is 10.6 Å². The summed E-state index contributed by atoms with van der Waals surface area (Å²) in [6.07, 6.45) is 9.96. The van der Waals surface area contributed by atoms with E-state index in [-0.39, 0.29) is 117 Å². The zero-order valence-corrected chi connectivity index (χ0v) is 65.0. The van der Waals surface area contributed by atoms with Crippen molar-refractivity contribution in [3.63, 3.8) is 0 Å². The largest absolute Gasteiger partial charge is 0.463 e. The highest BCUT2D eigenvalue weighted by Gasteiger charge is 2.47. The molecule has 2 fully saturated rings. The highest BCUT2D eigenvalue weighted by Crippen LogP contribution is 2.50. The first kappa shape index (κ1) is 81.4. The molecule has 2 aliphatic rings. The zero-order chi connectivity index (χ0) is 67.1. The Bertz CT molecular complexity index is 2130. The van der Waals surface area contributed by atoms with Crippen LogP contribution in [0.2, 0.25) is 104 Å². The van der Waals surface area contributed by atoms with Crippen LogP contribution >= 0.6 is 0 Å². The summed E-state index contributed by atoms with van der Waals surface area (Å²) in [4.78, 5) is 78.1. The van der Waals surface area contributed by atoms with Crippen LogP contribution in [-0.4, -0.2) is 152 Å². The van der Waals surface area contributed by atoms with Crippen LogP contribution in [0.15, 0.2) is 12.7 Å². The van der Waals surface area contributed by atoms with Gasteiger partial charge in [0.05, 0.1) is 13.2 Å². The molecule has 2 amide bonds. The number of alkyl carbamates (subject to hydrolysis) is 2. The molecule has 512 valence electrons. The van der Waals surface area contributed by atoms with Crippen LogP contribution in [0.1, 0.15) is 151 Å². The van der Waals surface area contributed by atoms with E-state index in [1.54, 1.807) is 0 Å². The third-order valence-electron chi connectivity index (χ3n) is 15.6. The lowest BCUT2D eigenvalue weighted by atomic mass is 9.60. The number of unbranched alkanes of at least 4 members (excludes halogenated alkanes) is 1. The Morgan fingerprint density at radius 3 is 1.45 bits per heavy atom. The van der Waals surface area contributed by atoms with Crippen LogP contribution < -0.4 is 10.6 Å². The summed E-state index contributed by atoms with van der Waals surface area (Å²) < 4.78 is 67.5. The van der Waals surface area contributed by atoms with Gasteiger partial charge in [0.1, 0.15) is 39.6 Å². The number of nitrogens with one attached hydrogen (secondary N) is 2. The Morgan fingerprint density at radius 1 is 0.523 bits per heavy atom. The first-order valence-corrected chi connectivity index (χ1v) is 51.4. The van der Waals surface area contributed by atoms with Crippen LogP contribution in [0.3, 0.4) is 0 Å². The summed E-state index contributed by atoms with van der Waals surface area (Å²) in [5.41, 5.74) is -1.79. The molecule has 25 heteroatoms. The fourth-order valence-electron chi connectivity index (χ4n) is 14.0. The van der Waals surface area contributed by atoms with Gasteiger partial charge in [0.15, 0.2) is 33.3 Å². The van der Waals surface area contributed by atoms with Crippen LogP contribution in [0.25, 0.3) is 0 Å². The molecule has 4 atom stereocenters. The SMILES string of the molecule is C=CC(=O)OCCOC(=O)CC1CC(C)(C)CC(C)(CNC(=O)OCC(CCC[Si](C)(O[Si](C)(C)C)O[Si](C)(C)C)(CCC[Si](C)(O[Si](C)(C)C)O[Si](C)(C)C)COC(=O)NC2CC(C)(C)CC(C)(CCC(=O)OCCOCCOC(=O)CCCC)C2)C1. The van der Waals surface area contributed by atoms with E-state index in [0.29, 0.717) is 76.4 Å². The first-order chi connectivity index (χ1) is 40.2. The minimum absolute atomic E-state index is 0.000101. The summed E-state index contributed by atoms with van der Waals surface area (Å²) in [7, 11) is -13.7.